The fourth-order valence-electron chi connectivity index (χ4n) is 2.70. The summed E-state index contributed by atoms with van der Waals surface area (Å²) in [5.41, 5.74) is 1.01. The fraction of sp³-hybridized carbons (Fsp3) is 0.600. The van der Waals surface area contributed by atoms with Crippen molar-refractivity contribution in [3.8, 4) is 5.75 Å². The van der Waals surface area contributed by atoms with Gasteiger partial charge in [-0.05, 0) is 13.1 Å². The summed E-state index contributed by atoms with van der Waals surface area (Å²) in [6, 6.07) is 7.75. The molecule has 1 unspecified atom stereocenters. The first kappa shape index (κ1) is 17.2. The Labute approximate surface area is 132 Å². The van der Waals surface area contributed by atoms with Crippen LogP contribution in [0, 0.1) is 0 Å². The van der Waals surface area contributed by atoms with E-state index in [0.29, 0.717) is 19.6 Å². The third kappa shape index (κ3) is 3.78. The van der Waals surface area contributed by atoms with E-state index in [0.717, 1.165) is 11.3 Å². The van der Waals surface area contributed by atoms with Crippen molar-refractivity contribution in [1.82, 2.24) is 9.21 Å². The first-order chi connectivity index (χ1) is 10.5. The summed E-state index contributed by atoms with van der Waals surface area (Å²) in [4.78, 5) is 2.17. The monoisotopic (exact) mass is 328 g/mol. The number of ether oxygens (including phenoxy) is 2. The van der Waals surface area contributed by atoms with Gasteiger partial charge < -0.3 is 9.47 Å². The Bertz CT molecular complexity index is 591. The predicted molar refractivity (Wildman–Crippen MR) is 85.6 cm³/mol. The Morgan fingerprint density at radius 1 is 1.23 bits per heavy atom. The zero-order valence-corrected chi connectivity index (χ0v) is 14.2. The minimum Gasteiger partial charge on any atom is -0.496 e. The van der Waals surface area contributed by atoms with Gasteiger partial charge in [0.1, 0.15) is 5.75 Å². The zero-order valence-electron chi connectivity index (χ0n) is 13.4. The van der Waals surface area contributed by atoms with Gasteiger partial charge in [0.25, 0.3) is 0 Å². The Balaban J connectivity index is 2.21. The average molecular weight is 328 g/mol. The highest BCUT2D eigenvalue weighted by Gasteiger charge is 2.33. The van der Waals surface area contributed by atoms with Crippen molar-refractivity contribution in [1.29, 1.82) is 0 Å². The third-order valence-electron chi connectivity index (χ3n) is 4.05. The highest BCUT2D eigenvalue weighted by atomic mass is 32.2. The summed E-state index contributed by atoms with van der Waals surface area (Å²) in [6.07, 6.45) is 0. The van der Waals surface area contributed by atoms with Gasteiger partial charge in [-0.25, -0.2) is 8.42 Å². The molecule has 0 aromatic heterocycles. The molecule has 0 saturated carbocycles. The van der Waals surface area contributed by atoms with Crippen LogP contribution in [-0.4, -0.2) is 70.9 Å². The Hall–Kier alpha value is -1.15. The molecule has 1 aliphatic rings. The second kappa shape index (κ2) is 7.41. The molecule has 1 fully saturated rings. The maximum absolute atomic E-state index is 12.4. The maximum atomic E-state index is 12.4. The lowest BCUT2D eigenvalue weighted by Gasteiger charge is -2.39. The molecule has 0 radical (unpaired) electrons. The average Bonchev–Trinajstić information content (AvgIpc) is 2.53. The van der Waals surface area contributed by atoms with Crippen LogP contribution in [0.4, 0.5) is 0 Å². The summed E-state index contributed by atoms with van der Waals surface area (Å²) >= 11 is 0. The first-order valence-corrected chi connectivity index (χ1v) is 8.90. The predicted octanol–water partition coefficient (Wildman–Crippen LogP) is 0.960. The van der Waals surface area contributed by atoms with Crippen LogP contribution in [-0.2, 0) is 14.8 Å². The van der Waals surface area contributed by atoms with E-state index >= 15 is 0 Å². The van der Waals surface area contributed by atoms with Gasteiger partial charge in [0.05, 0.1) is 25.5 Å². The fourth-order valence-corrected chi connectivity index (χ4v) is 4.06. The van der Waals surface area contributed by atoms with E-state index in [-0.39, 0.29) is 18.4 Å². The SMILES string of the molecule is COCCS(=O)(=O)N1CCN(C)C(c2ccccc2OC)C1. The normalized spacial score (nSPS) is 21.0. The van der Waals surface area contributed by atoms with Gasteiger partial charge in [0, 0.05) is 32.3 Å². The van der Waals surface area contributed by atoms with Crippen molar-refractivity contribution in [3.63, 3.8) is 0 Å². The van der Waals surface area contributed by atoms with E-state index in [1.54, 1.807) is 11.4 Å². The van der Waals surface area contributed by atoms with Crippen LogP contribution in [0.25, 0.3) is 0 Å². The smallest absolute Gasteiger partial charge is 0.216 e. The van der Waals surface area contributed by atoms with Crippen LogP contribution in [0.3, 0.4) is 0 Å². The molecule has 124 valence electrons. The summed E-state index contributed by atoms with van der Waals surface area (Å²) in [6.45, 7) is 1.85. The van der Waals surface area contributed by atoms with E-state index in [4.69, 9.17) is 9.47 Å². The standard InChI is InChI=1S/C15H24N2O4S/c1-16-8-9-17(22(18,19)11-10-20-2)12-14(16)13-6-4-5-7-15(13)21-3/h4-7,14H,8-12H2,1-3H3. The van der Waals surface area contributed by atoms with Crippen molar-refractivity contribution in [3.05, 3.63) is 29.8 Å². The minimum atomic E-state index is -3.29. The molecular weight excluding hydrogens is 304 g/mol. The maximum Gasteiger partial charge on any atom is 0.216 e. The van der Waals surface area contributed by atoms with Gasteiger partial charge in [-0.1, -0.05) is 18.2 Å². The Morgan fingerprint density at radius 2 is 1.95 bits per heavy atom. The Kier molecular flexibility index (Phi) is 5.80. The number of hydrogen-bond acceptors (Lipinski definition) is 5. The molecule has 1 aromatic rings. The van der Waals surface area contributed by atoms with Gasteiger partial charge in [0.2, 0.25) is 10.0 Å². The van der Waals surface area contributed by atoms with Crippen molar-refractivity contribution >= 4 is 10.0 Å². The van der Waals surface area contributed by atoms with E-state index in [9.17, 15) is 8.42 Å². The lowest BCUT2D eigenvalue weighted by Crippen LogP contribution is -2.49. The number of likely N-dealkylation sites (N-methyl/N-ethyl adjacent to an activating group) is 1. The van der Waals surface area contributed by atoms with Crippen molar-refractivity contribution in [2.75, 3.05) is 53.3 Å². The summed E-state index contributed by atoms with van der Waals surface area (Å²) in [5.74, 6) is 0.807. The second-order valence-corrected chi connectivity index (χ2v) is 7.49. The molecular formula is C15H24N2O4S. The zero-order chi connectivity index (χ0) is 16.2. The van der Waals surface area contributed by atoms with Crippen LogP contribution in [0.1, 0.15) is 11.6 Å². The molecule has 6 nitrogen and oxygen atoms in total. The molecule has 22 heavy (non-hydrogen) atoms. The quantitative estimate of drug-likeness (QED) is 0.778. The van der Waals surface area contributed by atoms with Crippen molar-refractivity contribution < 1.29 is 17.9 Å². The van der Waals surface area contributed by atoms with Crippen molar-refractivity contribution in [2.45, 2.75) is 6.04 Å². The van der Waals surface area contributed by atoms with Gasteiger partial charge in [-0.2, -0.15) is 4.31 Å². The van der Waals surface area contributed by atoms with Crippen LogP contribution >= 0.6 is 0 Å². The van der Waals surface area contributed by atoms with Gasteiger partial charge >= 0.3 is 0 Å². The number of methoxy groups -OCH3 is 2. The molecule has 1 heterocycles. The first-order valence-electron chi connectivity index (χ1n) is 7.29. The molecule has 1 aliphatic heterocycles. The minimum absolute atomic E-state index is 0.0118. The number of sulfonamides is 1. The number of hydrogen-bond donors (Lipinski definition) is 0. The Morgan fingerprint density at radius 3 is 2.64 bits per heavy atom. The van der Waals surface area contributed by atoms with Crippen LogP contribution < -0.4 is 4.74 Å². The molecule has 1 aromatic carbocycles. The summed E-state index contributed by atoms with van der Waals surface area (Å²) < 4.78 is 36.6. The summed E-state index contributed by atoms with van der Waals surface area (Å²) in [7, 11) is 1.87. The van der Waals surface area contributed by atoms with Crippen molar-refractivity contribution in [2.24, 2.45) is 0 Å². The number of para-hydroxylation sites is 1. The number of benzene rings is 1. The van der Waals surface area contributed by atoms with E-state index < -0.39 is 10.0 Å². The van der Waals surface area contributed by atoms with E-state index in [1.165, 1.54) is 7.11 Å². The van der Waals surface area contributed by atoms with Gasteiger partial charge in [-0.15, -0.1) is 0 Å². The van der Waals surface area contributed by atoms with Crippen LogP contribution in [0.15, 0.2) is 24.3 Å². The van der Waals surface area contributed by atoms with Crippen LogP contribution in [0.2, 0.25) is 0 Å². The second-order valence-electron chi connectivity index (χ2n) is 5.41. The molecule has 0 bridgehead atoms. The molecule has 1 saturated heterocycles. The third-order valence-corrected chi connectivity index (χ3v) is 5.85. The summed E-state index contributed by atoms with van der Waals surface area (Å²) in [5, 5.41) is 0. The highest BCUT2D eigenvalue weighted by Crippen LogP contribution is 2.31. The molecule has 0 N–H and O–H groups in total. The number of piperazine rings is 1. The molecule has 0 aliphatic carbocycles. The molecule has 1 atom stereocenters. The lowest BCUT2D eigenvalue weighted by molar-refractivity contribution is 0.144. The lowest BCUT2D eigenvalue weighted by atomic mass is 10.0. The number of nitrogens with zero attached hydrogens (tertiary/aromatic N) is 2. The molecule has 0 spiro atoms. The van der Waals surface area contributed by atoms with E-state index in [1.807, 2.05) is 31.3 Å². The van der Waals surface area contributed by atoms with Crippen LogP contribution in [0.5, 0.6) is 5.75 Å². The highest BCUT2D eigenvalue weighted by molar-refractivity contribution is 7.89. The number of rotatable bonds is 6. The molecule has 2 rings (SSSR count). The topological polar surface area (TPSA) is 59.1 Å². The van der Waals surface area contributed by atoms with E-state index in [2.05, 4.69) is 4.90 Å². The van der Waals surface area contributed by atoms with Gasteiger partial charge in [0.15, 0.2) is 0 Å². The molecule has 0 amide bonds. The molecule has 7 heteroatoms. The largest absolute Gasteiger partial charge is 0.496 e. The van der Waals surface area contributed by atoms with Gasteiger partial charge in [-0.3, -0.25) is 4.90 Å².